The first-order valence-corrected chi connectivity index (χ1v) is 11.1. The zero-order valence-corrected chi connectivity index (χ0v) is 19.5. The van der Waals surface area contributed by atoms with Crippen molar-refractivity contribution in [3.63, 3.8) is 0 Å². The van der Waals surface area contributed by atoms with Gasteiger partial charge in [-0.15, -0.1) is 0 Å². The maximum absolute atomic E-state index is 13.0. The standard InChI is InChI=1S/C23H26F3N3O7/c1-22(2)35-20-15(28-18-8-27-7-17(29-18)23(24,25)26)10-34-16(21(20)36-22)11-32-9-13-3-5-14(6-4-13)33-12-19(30)31/h3-8,15-16,20-21H,9-12H2,1-2H3,(H,28,29)(H,30,31)/t15-,16+,20+,21-/m0/s1. The molecule has 196 valence electrons. The number of aliphatic carboxylic acids is 1. The minimum absolute atomic E-state index is 0.0454. The van der Waals surface area contributed by atoms with E-state index in [-0.39, 0.29) is 25.6 Å². The number of rotatable bonds is 9. The van der Waals surface area contributed by atoms with Crippen LogP contribution in [0.15, 0.2) is 36.7 Å². The predicted octanol–water partition coefficient (Wildman–Crippen LogP) is 2.88. The molecule has 2 fully saturated rings. The number of ether oxygens (including phenoxy) is 5. The Balaban J connectivity index is 1.34. The third-order valence-corrected chi connectivity index (χ3v) is 5.51. The Bertz CT molecular complexity index is 1050. The largest absolute Gasteiger partial charge is 0.482 e. The molecule has 0 spiro atoms. The number of nitrogens with zero attached hydrogens (tertiary/aromatic N) is 2. The van der Waals surface area contributed by atoms with Crippen LogP contribution in [0.1, 0.15) is 25.1 Å². The van der Waals surface area contributed by atoms with Crippen molar-refractivity contribution in [3.05, 3.63) is 47.9 Å². The highest BCUT2D eigenvalue weighted by molar-refractivity contribution is 5.68. The average Bonchev–Trinajstić information content (AvgIpc) is 3.15. The summed E-state index contributed by atoms with van der Waals surface area (Å²) in [6.45, 7) is 3.65. The Morgan fingerprint density at radius 2 is 1.92 bits per heavy atom. The highest BCUT2D eigenvalue weighted by Crippen LogP contribution is 2.37. The first-order valence-electron chi connectivity index (χ1n) is 11.1. The van der Waals surface area contributed by atoms with Crippen molar-refractivity contribution in [1.29, 1.82) is 0 Å². The fourth-order valence-electron chi connectivity index (χ4n) is 3.98. The Labute approximate surface area is 204 Å². The highest BCUT2D eigenvalue weighted by Gasteiger charge is 2.52. The van der Waals surface area contributed by atoms with Crippen molar-refractivity contribution in [2.24, 2.45) is 0 Å². The number of aromatic nitrogens is 2. The molecule has 0 bridgehead atoms. The number of halogens is 3. The molecule has 0 unspecified atom stereocenters. The number of benzene rings is 1. The molecular weight excluding hydrogens is 487 g/mol. The van der Waals surface area contributed by atoms with Gasteiger partial charge in [-0.2, -0.15) is 13.2 Å². The van der Waals surface area contributed by atoms with Crippen LogP contribution < -0.4 is 10.1 Å². The molecule has 0 amide bonds. The van der Waals surface area contributed by atoms with Crippen molar-refractivity contribution in [1.82, 2.24) is 9.97 Å². The van der Waals surface area contributed by atoms with Crippen LogP contribution in [0.5, 0.6) is 5.75 Å². The van der Waals surface area contributed by atoms with Gasteiger partial charge in [0, 0.05) is 0 Å². The number of anilines is 1. The summed E-state index contributed by atoms with van der Waals surface area (Å²) in [7, 11) is 0. The van der Waals surface area contributed by atoms with Crippen molar-refractivity contribution in [2.75, 3.05) is 25.1 Å². The lowest BCUT2D eigenvalue weighted by Crippen LogP contribution is -2.55. The molecule has 2 aliphatic rings. The zero-order chi connectivity index (χ0) is 25.9. The van der Waals surface area contributed by atoms with E-state index in [2.05, 4.69) is 15.3 Å². The first kappa shape index (κ1) is 26.1. The van der Waals surface area contributed by atoms with Crippen molar-refractivity contribution < 1.29 is 46.8 Å². The van der Waals surface area contributed by atoms with E-state index in [1.54, 1.807) is 38.1 Å². The summed E-state index contributed by atoms with van der Waals surface area (Å²) in [4.78, 5) is 17.8. The minimum atomic E-state index is -4.61. The number of hydrogen-bond donors (Lipinski definition) is 2. The van der Waals surface area contributed by atoms with E-state index in [0.29, 0.717) is 11.9 Å². The van der Waals surface area contributed by atoms with E-state index in [0.717, 1.165) is 5.56 Å². The first-order chi connectivity index (χ1) is 17.0. The van der Waals surface area contributed by atoms with E-state index >= 15 is 0 Å². The molecule has 2 aromatic rings. The van der Waals surface area contributed by atoms with Gasteiger partial charge in [0.2, 0.25) is 0 Å². The summed E-state index contributed by atoms with van der Waals surface area (Å²) in [5.41, 5.74) is -0.255. The van der Waals surface area contributed by atoms with Gasteiger partial charge in [-0.05, 0) is 31.5 Å². The van der Waals surface area contributed by atoms with Crippen LogP contribution in [0, 0.1) is 0 Å². The normalized spacial score (nSPS) is 25.2. The fraction of sp³-hybridized carbons (Fsp3) is 0.522. The van der Waals surface area contributed by atoms with Crippen LogP contribution in [0.2, 0.25) is 0 Å². The molecule has 2 aliphatic heterocycles. The third-order valence-electron chi connectivity index (χ3n) is 5.51. The van der Waals surface area contributed by atoms with Gasteiger partial charge in [0.05, 0.1) is 38.3 Å². The van der Waals surface area contributed by atoms with Gasteiger partial charge in [0.15, 0.2) is 18.1 Å². The number of nitrogens with one attached hydrogen (secondary N) is 1. The molecule has 3 heterocycles. The number of carboxylic acid groups (broad SMARTS) is 1. The Morgan fingerprint density at radius 3 is 2.61 bits per heavy atom. The molecule has 0 radical (unpaired) electrons. The summed E-state index contributed by atoms with van der Waals surface area (Å²) in [5.74, 6) is -1.60. The lowest BCUT2D eigenvalue weighted by molar-refractivity contribution is -0.160. The van der Waals surface area contributed by atoms with Gasteiger partial charge in [0.1, 0.15) is 29.9 Å². The molecule has 4 atom stereocenters. The molecule has 0 saturated carbocycles. The number of fused-ring (bicyclic) bond motifs is 1. The second-order valence-corrected chi connectivity index (χ2v) is 8.82. The van der Waals surface area contributed by atoms with Gasteiger partial charge in [-0.3, -0.25) is 4.98 Å². The molecule has 1 aromatic heterocycles. The molecule has 1 aromatic carbocycles. The van der Waals surface area contributed by atoms with E-state index in [9.17, 15) is 18.0 Å². The third kappa shape index (κ3) is 6.60. The number of carboxylic acids is 1. The van der Waals surface area contributed by atoms with Crippen LogP contribution >= 0.6 is 0 Å². The minimum Gasteiger partial charge on any atom is -0.482 e. The van der Waals surface area contributed by atoms with Gasteiger partial charge in [-0.1, -0.05) is 12.1 Å². The molecule has 10 nitrogen and oxygen atoms in total. The molecule has 2 saturated heterocycles. The molecular formula is C23H26F3N3O7. The SMILES string of the molecule is CC1(C)O[C@@H]2[C@H](O1)[C@@H](Nc1cncc(C(F)(F)F)n1)CO[C@@H]2COCc1ccc(OCC(=O)O)cc1. The average molecular weight is 513 g/mol. The molecule has 4 rings (SSSR count). The van der Waals surface area contributed by atoms with Gasteiger partial charge in [-0.25, -0.2) is 9.78 Å². The van der Waals surface area contributed by atoms with E-state index in [1.807, 2.05) is 0 Å². The van der Waals surface area contributed by atoms with Crippen LogP contribution in [0.3, 0.4) is 0 Å². The van der Waals surface area contributed by atoms with Crippen LogP contribution in [-0.4, -0.2) is 71.0 Å². The molecule has 0 aliphatic carbocycles. The van der Waals surface area contributed by atoms with Gasteiger partial charge >= 0.3 is 12.1 Å². The summed E-state index contributed by atoms with van der Waals surface area (Å²) in [6.07, 6.45) is -4.27. The van der Waals surface area contributed by atoms with Crippen molar-refractivity contribution in [2.45, 2.75) is 56.8 Å². The van der Waals surface area contributed by atoms with Crippen LogP contribution in [0.4, 0.5) is 19.0 Å². The summed E-state index contributed by atoms with van der Waals surface area (Å²) < 4.78 is 67.9. The van der Waals surface area contributed by atoms with Gasteiger partial charge < -0.3 is 34.1 Å². The highest BCUT2D eigenvalue weighted by atomic mass is 19.4. The van der Waals surface area contributed by atoms with E-state index in [1.165, 1.54) is 6.20 Å². The van der Waals surface area contributed by atoms with Crippen molar-refractivity contribution >= 4 is 11.8 Å². The summed E-state index contributed by atoms with van der Waals surface area (Å²) >= 11 is 0. The van der Waals surface area contributed by atoms with Crippen LogP contribution in [0.25, 0.3) is 0 Å². The zero-order valence-electron chi connectivity index (χ0n) is 19.5. The molecule has 13 heteroatoms. The topological polar surface area (TPSA) is 121 Å². The fourth-order valence-corrected chi connectivity index (χ4v) is 3.98. The quantitative estimate of drug-likeness (QED) is 0.518. The number of carbonyl (C=O) groups is 1. The predicted molar refractivity (Wildman–Crippen MR) is 117 cm³/mol. The Hall–Kier alpha value is -3.00. The Kier molecular flexibility index (Phi) is 7.64. The van der Waals surface area contributed by atoms with E-state index in [4.69, 9.17) is 28.8 Å². The second kappa shape index (κ2) is 10.5. The summed E-state index contributed by atoms with van der Waals surface area (Å²) in [6, 6.07) is 6.30. The van der Waals surface area contributed by atoms with Crippen molar-refractivity contribution in [3.8, 4) is 5.75 Å². The lowest BCUT2D eigenvalue weighted by Gasteiger charge is -2.37. The Morgan fingerprint density at radius 1 is 1.19 bits per heavy atom. The molecule has 36 heavy (non-hydrogen) atoms. The van der Waals surface area contributed by atoms with E-state index < -0.39 is 54.6 Å². The molecule has 2 N–H and O–H groups in total. The maximum Gasteiger partial charge on any atom is 0.434 e. The second-order valence-electron chi connectivity index (χ2n) is 8.82. The summed E-state index contributed by atoms with van der Waals surface area (Å²) in [5, 5.41) is 11.6. The lowest BCUT2D eigenvalue weighted by atomic mass is 9.98. The number of alkyl halides is 3. The van der Waals surface area contributed by atoms with Gasteiger partial charge in [0.25, 0.3) is 0 Å². The monoisotopic (exact) mass is 513 g/mol. The van der Waals surface area contributed by atoms with Crippen LogP contribution in [-0.2, 0) is 36.5 Å². The maximum atomic E-state index is 13.0. The number of hydrogen-bond acceptors (Lipinski definition) is 9. The smallest absolute Gasteiger partial charge is 0.434 e.